The molecule has 0 aliphatic heterocycles. The summed E-state index contributed by atoms with van der Waals surface area (Å²) in [5, 5.41) is 13.6. The fourth-order valence-corrected chi connectivity index (χ4v) is 1.24. The average Bonchev–Trinajstić information content (AvgIpc) is 2.22. The number of nitrogens with zero attached hydrogens (tertiary/aromatic N) is 1. The first-order chi connectivity index (χ1) is 7.45. The molecule has 0 spiro atoms. The molecule has 0 bridgehead atoms. The van der Waals surface area contributed by atoms with E-state index < -0.39 is 10.7 Å². The number of aryl methyl sites for hydroxylation is 1. The number of anilines is 1. The van der Waals surface area contributed by atoms with E-state index in [1.54, 1.807) is 19.9 Å². The van der Waals surface area contributed by atoms with Crippen molar-refractivity contribution in [2.24, 2.45) is 0 Å². The van der Waals surface area contributed by atoms with Gasteiger partial charge in [-0.25, -0.2) is 4.39 Å². The number of benzene rings is 1. The fourth-order valence-electron chi connectivity index (χ4n) is 1.24. The normalized spacial score (nSPS) is 11.9. The molecule has 0 fully saturated rings. The van der Waals surface area contributed by atoms with Crippen LogP contribution >= 0.6 is 0 Å². The molecule has 0 heterocycles. The van der Waals surface area contributed by atoms with Crippen molar-refractivity contribution in [3.63, 3.8) is 0 Å². The summed E-state index contributed by atoms with van der Waals surface area (Å²) in [5.74, 6) is -0.580. The molecule has 16 heavy (non-hydrogen) atoms. The van der Waals surface area contributed by atoms with E-state index in [-0.39, 0.29) is 11.7 Å². The predicted octanol–water partition coefficient (Wildman–Crippen LogP) is 3.03. The van der Waals surface area contributed by atoms with Gasteiger partial charge in [-0.3, -0.25) is 10.1 Å². The SMILES string of the molecule is C=CC(C)Nc1cc(C)c(F)cc1[N+](=O)[O-]. The Hall–Kier alpha value is -1.91. The second-order valence-corrected chi connectivity index (χ2v) is 3.54. The quantitative estimate of drug-likeness (QED) is 0.486. The monoisotopic (exact) mass is 224 g/mol. The molecule has 0 aromatic heterocycles. The molecule has 1 unspecified atom stereocenters. The number of nitrogens with one attached hydrogen (secondary N) is 1. The van der Waals surface area contributed by atoms with Crippen LogP contribution in [0.1, 0.15) is 12.5 Å². The number of halogens is 1. The Labute approximate surface area is 92.9 Å². The van der Waals surface area contributed by atoms with Gasteiger partial charge in [0.05, 0.1) is 11.0 Å². The lowest BCUT2D eigenvalue weighted by molar-refractivity contribution is -0.384. The molecule has 1 aromatic rings. The van der Waals surface area contributed by atoms with Crippen LogP contribution in [0.15, 0.2) is 24.8 Å². The van der Waals surface area contributed by atoms with Crippen LogP contribution < -0.4 is 5.32 Å². The summed E-state index contributed by atoms with van der Waals surface area (Å²) < 4.78 is 13.2. The van der Waals surface area contributed by atoms with Gasteiger partial charge in [-0.05, 0) is 25.5 Å². The molecule has 86 valence electrons. The third-order valence-corrected chi connectivity index (χ3v) is 2.21. The third-order valence-electron chi connectivity index (χ3n) is 2.21. The molecule has 1 atom stereocenters. The molecule has 0 amide bonds. The summed E-state index contributed by atoms with van der Waals surface area (Å²) in [5.41, 5.74) is 0.400. The van der Waals surface area contributed by atoms with Crippen molar-refractivity contribution in [2.45, 2.75) is 19.9 Å². The van der Waals surface area contributed by atoms with E-state index in [2.05, 4.69) is 11.9 Å². The molecule has 4 nitrogen and oxygen atoms in total. The standard InChI is InChI=1S/C11H13FN2O2/c1-4-8(3)13-10-5-7(2)9(12)6-11(10)14(15)16/h4-6,8,13H,1H2,2-3H3. The van der Waals surface area contributed by atoms with Gasteiger partial charge in [-0.1, -0.05) is 6.08 Å². The Bertz CT molecular complexity index is 432. The summed E-state index contributed by atoms with van der Waals surface area (Å²) in [6, 6.07) is 2.23. The number of nitro benzene ring substituents is 1. The molecular formula is C11H13FN2O2. The van der Waals surface area contributed by atoms with Crippen molar-refractivity contribution in [3.8, 4) is 0 Å². The molecular weight excluding hydrogens is 211 g/mol. The minimum Gasteiger partial charge on any atom is -0.374 e. The number of nitro groups is 1. The molecule has 0 radical (unpaired) electrons. The molecule has 5 heteroatoms. The first-order valence-electron chi connectivity index (χ1n) is 4.79. The lowest BCUT2D eigenvalue weighted by Gasteiger charge is -2.12. The van der Waals surface area contributed by atoms with E-state index in [0.717, 1.165) is 6.07 Å². The molecule has 1 rings (SSSR count). The molecule has 0 aliphatic rings. The van der Waals surface area contributed by atoms with Gasteiger partial charge < -0.3 is 5.32 Å². The summed E-state index contributed by atoms with van der Waals surface area (Å²) in [6.45, 7) is 6.92. The first kappa shape index (κ1) is 12.2. The fraction of sp³-hybridized carbons (Fsp3) is 0.273. The summed E-state index contributed by atoms with van der Waals surface area (Å²) in [7, 11) is 0. The minimum absolute atomic E-state index is 0.122. The van der Waals surface area contributed by atoms with Crippen molar-refractivity contribution < 1.29 is 9.31 Å². The zero-order valence-electron chi connectivity index (χ0n) is 9.16. The Kier molecular flexibility index (Phi) is 3.60. The number of hydrogen-bond acceptors (Lipinski definition) is 3. The van der Waals surface area contributed by atoms with Crippen LogP contribution in [0.4, 0.5) is 15.8 Å². The minimum atomic E-state index is -0.610. The lowest BCUT2D eigenvalue weighted by atomic mass is 10.1. The predicted molar refractivity (Wildman–Crippen MR) is 61.1 cm³/mol. The second kappa shape index (κ2) is 4.74. The lowest BCUT2D eigenvalue weighted by Crippen LogP contribution is -2.13. The summed E-state index contributed by atoms with van der Waals surface area (Å²) >= 11 is 0. The van der Waals surface area contributed by atoms with Gasteiger partial charge in [0.15, 0.2) is 0 Å². The molecule has 1 aromatic carbocycles. The van der Waals surface area contributed by atoms with Crippen molar-refractivity contribution in [1.82, 2.24) is 0 Å². The van der Waals surface area contributed by atoms with Gasteiger partial charge in [0, 0.05) is 6.04 Å². The van der Waals surface area contributed by atoms with Crippen LogP contribution in [0.25, 0.3) is 0 Å². The van der Waals surface area contributed by atoms with Gasteiger partial charge in [0.25, 0.3) is 5.69 Å². The average molecular weight is 224 g/mol. The Morgan fingerprint density at radius 1 is 1.62 bits per heavy atom. The highest BCUT2D eigenvalue weighted by atomic mass is 19.1. The highest BCUT2D eigenvalue weighted by Crippen LogP contribution is 2.28. The highest BCUT2D eigenvalue weighted by molar-refractivity contribution is 5.63. The van der Waals surface area contributed by atoms with Gasteiger partial charge in [-0.2, -0.15) is 0 Å². The van der Waals surface area contributed by atoms with Crippen LogP contribution in [0.5, 0.6) is 0 Å². The van der Waals surface area contributed by atoms with Crippen molar-refractivity contribution >= 4 is 11.4 Å². The highest BCUT2D eigenvalue weighted by Gasteiger charge is 2.17. The maximum Gasteiger partial charge on any atom is 0.295 e. The summed E-state index contributed by atoms with van der Waals surface area (Å²) in [6.07, 6.45) is 1.61. The van der Waals surface area contributed by atoms with Crippen molar-refractivity contribution in [2.75, 3.05) is 5.32 Å². The second-order valence-electron chi connectivity index (χ2n) is 3.54. The van der Waals surface area contributed by atoms with Crippen LogP contribution in [0.3, 0.4) is 0 Å². The zero-order valence-corrected chi connectivity index (χ0v) is 9.16. The first-order valence-corrected chi connectivity index (χ1v) is 4.79. The van der Waals surface area contributed by atoms with Crippen LogP contribution in [0, 0.1) is 22.9 Å². The van der Waals surface area contributed by atoms with E-state index in [9.17, 15) is 14.5 Å². The Morgan fingerprint density at radius 3 is 2.75 bits per heavy atom. The van der Waals surface area contributed by atoms with Gasteiger partial charge in [0.2, 0.25) is 0 Å². The summed E-state index contributed by atoms with van der Waals surface area (Å²) in [4.78, 5) is 10.1. The maximum absolute atomic E-state index is 13.2. The van der Waals surface area contributed by atoms with Crippen LogP contribution in [-0.2, 0) is 0 Å². The Morgan fingerprint density at radius 2 is 2.25 bits per heavy atom. The zero-order chi connectivity index (χ0) is 12.3. The number of rotatable bonds is 4. The maximum atomic E-state index is 13.2. The largest absolute Gasteiger partial charge is 0.374 e. The van der Waals surface area contributed by atoms with Gasteiger partial charge in [0.1, 0.15) is 11.5 Å². The molecule has 0 saturated heterocycles. The van der Waals surface area contributed by atoms with E-state index >= 15 is 0 Å². The van der Waals surface area contributed by atoms with E-state index in [1.165, 1.54) is 6.07 Å². The smallest absolute Gasteiger partial charge is 0.295 e. The molecule has 0 aliphatic carbocycles. The van der Waals surface area contributed by atoms with E-state index in [0.29, 0.717) is 11.3 Å². The Balaban J connectivity index is 3.19. The van der Waals surface area contributed by atoms with E-state index in [1.807, 2.05) is 0 Å². The topological polar surface area (TPSA) is 55.2 Å². The van der Waals surface area contributed by atoms with E-state index in [4.69, 9.17) is 0 Å². The third kappa shape index (κ3) is 2.56. The molecule has 1 N–H and O–H groups in total. The van der Waals surface area contributed by atoms with Crippen molar-refractivity contribution in [3.05, 3.63) is 46.3 Å². The van der Waals surface area contributed by atoms with Gasteiger partial charge >= 0.3 is 0 Å². The van der Waals surface area contributed by atoms with Crippen LogP contribution in [0.2, 0.25) is 0 Å². The van der Waals surface area contributed by atoms with Gasteiger partial charge in [-0.15, -0.1) is 6.58 Å². The number of hydrogen-bond donors (Lipinski definition) is 1. The van der Waals surface area contributed by atoms with Crippen molar-refractivity contribution in [1.29, 1.82) is 0 Å². The van der Waals surface area contributed by atoms with Crippen LogP contribution in [-0.4, -0.2) is 11.0 Å². The molecule has 0 saturated carbocycles.